The number of amides is 1. The van der Waals surface area contributed by atoms with Gasteiger partial charge >= 0.3 is 0 Å². The Morgan fingerprint density at radius 1 is 1.33 bits per heavy atom. The summed E-state index contributed by atoms with van der Waals surface area (Å²) in [5.74, 6) is 1.67. The van der Waals surface area contributed by atoms with Crippen molar-refractivity contribution in [2.24, 2.45) is 5.92 Å². The molecule has 2 unspecified atom stereocenters. The summed E-state index contributed by atoms with van der Waals surface area (Å²) in [6.07, 6.45) is 3.89. The van der Waals surface area contributed by atoms with Gasteiger partial charge < -0.3 is 10.1 Å². The highest BCUT2D eigenvalue weighted by molar-refractivity contribution is 5.76. The fourth-order valence-electron chi connectivity index (χ4n) is 2.42. The zero-order valence-corrected chi connectivity index (χ0v) is 10.9. The molecule has 0 aromatic heterocycles. The molecule has 1 amide bonds. The lowest BCUT2D eigenvalue weighted by Gasteiger charge is -2.12. The Hall–Kier alpha value is -1.51. The molecular formula is C15H21NO2. The predicted molar refractivity (Wildman–Crippen MR) is 71.5 cm³/mol. The summed E-state index contributed by atoms with van der Waals surface area (Å²) < 4.78 is 5.50. The van der Waals surface area contributed by atoms with Crippen LogP contribution >= 0.6 is 0 Å². The Balaban J connectivity index is 1.63. The van der Waals surface area contributed by atoms with E-state index in [1.807, 2.05) is 30.3 Å². The highest BCUT2D eigenvalue weighted by Crippen LogP contribution is 2.24. The van der Waals surface area contributed by atoms with Gasteiger partial charge in [0.1, 0.15) is 5.75 Å². The van der Waals surface area contributed by atoms with Crippen molar-refractivity contribution in [3.8, 4) is 5.75 Å². The van der Waals surface area contributed by atoms with Crippen molar-refractivity contribution in [3.05, 3.63) is 30.3 Å². The van der Waals surface area contributed by atoms with Crippen molar-refractivity contribution in [3.63, 3.8) is 0 Å². The van der Waals surface area contributed by atoms with Crippen LogP contribution in [0.2, 0.25) is 0 Å². The molecule has 1 aromatic rings. The lowest BCUT2D eigenvalue weighted by Crippen LogP contribution is -2.33. The molecule has 18 heavy (non-hydrogen) atoms. The number of benzene rings is 1. The lowest BCUT2D eigenvalue weighted by molar-refractivity contribution is -0.122. The highest BCUT2D eigenvalue weighted by Gasteiger charge is 2.22. The highest BCUT2D eigenvalue weighted by atomic mass is 16.5. The van der Waals surface area contributed by atoms with Crippen LogP contribution in [0.4, 0.5) is 0 Å². The molecule has 3 nitrogen and oxygen atoms in total. The summed E-state index contributed by atoms with van der Waals surface area (Å²) >= 11 is 0. The summed E-state index contributed by atoms with van der Waals surface area (Å²) in [7, 11) is 0. The average molecular weight is 247 g/mol. The molecule has 0 saturated heterocycles. The lowest BCUT2D eigenvalue weighted by atomic mass is 10.1. The van der Waals surface area contributed by atoms with Crippen LogP contribution in [0.25, 0.3) is 0 Å². The van der Waals surface area contributed by atoms with E-state index in [2.05, 4.69) is 12.2 Å². The summed E-state index contributed by atoms with van der Waals surface area (Å²) in [6, 6.07) is 9.97. The fourth-order valence-corrected chi connectivity index (χ4v) is 2.42. The second-order valence-electron chi connectivity index (χ2n) is 5.09. The van der Waals surface area contributed by atoms with Gasteiger partial charge in [0.25, 0.3) is 0 Å². The van der Waals surface area contributed by atoms with Crippen LogP contribution in [0.3, 0.4) is 0 Å². The van der Waals surface area contributed by atoms with Gasteiger partial charge in [-0.1, -0.05) is 25.1 Å². The minimum atomic E-state index is 0.102. The number of carbonyl (C=O) groups is 1. The Labute approximate surface area is 109 Å². The van der Waals surface area contributed by atoms with Gasteiger partial charge in [0.2, 0.25) is 5.91 Å². The Morgan fingerprint density at radius 2 is 2.11 bits per heavy atom. The fraction of sp³-hybridized carbons (Fsp3) is 0.533. The zero-order valence-electron chi connectivity index (χ0n) is 10.9. The van der Waals surface area contributed by atoms with Gasteiger partial charge in [-0.2, -0.15) is 0 Å². The molecule has 3 heteroatoms. The van der Waals surface area contributed by atoms with E-state index in [-0.39, 0.29) is 5.91 Å². The van der Waals surface area contributed by atoms with Gasteiger partial charge in [-0.15, -0.1) is 0 Å². The minimum absolute atomic E-state index is 0.102. The number of hydrogen-bond donors (Lipinski definition) is 1. The maximum Gasteiger partial charge on any atom is 0.223 e. The smallest absolute Gasteiger partial charge is 0.223 e. The monoisotopic (exact) mass is 247 g/mol. The van der Waals surface area contributed by atoms with E-state index in [1.165, 1.54) is 6.42 Å². The maximum absolute atomic E-state index is 11.7. The van der Waals surface area contributed by atoms with E-state index < -0.39 is 0 Å². The van der Waals surface area contributed by atoms with Gasteiger partial charge in [-0.25, -0.2) is 0 Å². The van der Waals surface area contributed by atoms with Crippen LogP contribution in [0.1, 0.15) is 32.6 Å². The first-order chi connectivity index (χ1) is 8.74. The van der Waals surface area contributed by atoms with Gasteiger partial charge in [-0.3, -0.25) is 4.79 Å². The number of nitrogens with one attached hydrogen (secondary N) is 1. The van der Waals surface area contributed by atoms with Gasteiger partial charge in [0.15, 0.2) is 0 Å². The van der Waals surface area contributed by atoms with Crippen LogP contribution < -0.4 is 10.1 Å². The molecule has 1 saturated carbocycles. The number of rotatable bonds is 5. The number of ether oxygens (including phenoxy) is 1. The van der Waals surface area contributed by atoms with E-state index >= 15 is 0 Å². The van der Waals surface area contributed by atoms with Crippen molar-refractivity contribution < 1.29 is 9.53 Å². The van der Waals surface area contributed by atoms with Crippen molar-refractivity contribution in [2.75, 3.05) is 6.61 Å². The van der Waals surface area contributed by atoms with Gasteiger partial charge in [-0.05, 0) is 37.3 Å². The van der Waals surface area contributed by atoms with E-state index in [4.69, 9.17) is 4.74 Å². The third kappa shape index (κ3) is 4.06. The molecule has 1 aliphatic carbocycles. The predicted octanol–water partition coefficient (Wildman–Crippen LogP) is 2.76. The zero-order chi connectivity index (χ0) is 12.8. The molecular weight excluding hydrogens is 226 g/mol. The number of carbonyl (C=O) groups excluding carboxylic acids is 1. The van der Waals surface area contributed by atoms with Crippen LogP contribution in [0, 0.1) is 5.92 Å². The molecule has 0 spiro atoms. The minimum Gasteiger partial charge on any atom is -0.493 e. The Morgan fingerprint density at radius 3 is 2.78 bits per heavy atom. The first kappa shape index (κ1) is 12.9. The third-order valence-electron chi connectivity index (χ3n) is 3.40. The third-order valence-corrected chi connectivity index (χ3v) is 3.40. The topological polar surface area (TPSA) is 38.3 Å². The molecule has 2 rings (SSSR count). The second-order valence-corrected chi connectivity index (χ2v) is 5.09. The molecule has 98 valence electrons. The number of para-hydroxylation sites is 1. The molecule has 1 N–H and O–H groups in total. The summed E-state index contributed by atoms with van der Waals surface area (Å²) in [5, 5.41) is 3.08. The first-order valence-electron chi connectivity index (χ1n) is 6.71. The molecule has 0 radical (unpaired) electrons. The van der Waals surface area contributed by atoms with Crippen LogP contribution in [0.5, 0.6) is 5.75 Å². The van der Waals surface area contributed by atoms with E-state index in [0.29, 0.717) is 19.1 Å². The largest absolute Gasteiger partial charge is 0.493 e. The molecule has 1 aliphatic rings. The van der Waals surface area contributed by atoms with Crippen LogP contribution in [-0.2, 0) is 4.79 Å². The van der Waals surface area contributed by atoms with Crippen molar-refractivity contribution >= 4 is 5.91 Å². The summed E-state index contributed by atoms with van der Waals surface area (Å²) in [6.45, 7) is 2.68. The standard InChI is InChI=1S/C15H21NO2/c1-12-7-8-13(11-12)16-15(17)9-10-18-14-5-3-2-4-6-14/h2-6,12-13H,7-11H2,1H3,(H,16,17). The van der Waals surface area contributed by atoms with Gasteiger partial charge in [0.05, 0.1) is 13.0 Å². The first-order valence-corrected chi connectivity index (χ1v) is 6.71. The van der Waals surface area contributed by atoms with E-state index in [1.54, 1.807) is 0 Å². The van der Waals surface area contributed by atoms with Crippen molar-refractivity contribution in [1.29, 1.82) is 0 Å². The molecule has 0 heterocycles. The van der Waals surface area contributed by atoms with Gasteiger partial charge in [0, 0.05) is 6.04 Å². The summed E-state index contributed by atoms with van der Waals surface area (Å²) in [4.78, 5) is 11.7. The van der Waals surface area contributed by atoms with Crippen LogP contribution in [-0.4, -0.2) is 18.6 Å². The molecule has 1 fully saturated rings. The Kier molecular flexibility index (Phi) is 4.62. The average Bonchev–Trinajstić information content (AvgIpc) is 2.76. The molecule has 0 bridgehead atoms. The normalized spacial score (nSPS) is 22.7. The molecule has 1 aromatic carbocycles. The second kappa shape index (κ2) is 6.43. The Bertz CT molecular complexity index is 377. The maximum atomic E-state index is 11.7. The SMILES string of the molecule is CC1CCC(NC(=O)CCOc2ccccc2)C1. The molecule has 0 aliphatic heterocycles. The number of hydrogen-bond acceptors (Lipinski definition) is 2. The molecule has 2 atom stereocenters. The van der Waals surface area contributed by atoms with Crippen LogP contribution in [0.15, 0.2) is 30.3 Å². The summed E-state index contributed by atoms with van der Waals surface area (Å²) in [5.41, 5.74) is 0. The van der Waals surface area contributed by atoms with Crippen molar-refractivity contribution in [2.45, 2.75) is 38.6 Å². The van der Waals surface area contributed by atoms with E-state index in [9.17, 15) is 4.79 Å². The quantitative estimate of drug-likeness (QED) is 0.869. The van der Waals surface area contributed by atoms with E-state index in [0.717, 1.165) is 24.5 Å². The van der Waals surface area contributed by atoms with Crippen molar-refractivity contribution in [1.82, 2.24) is 5.32 Å².